The zero-order chi connectivity index (χ0) is 15.2. The van der Waals surface area contributed by atoms with Crippen molar-refractivity contribution >= 4 is 5.91 Å². The topological polar surface area (TPSA) is 78.0 Å². The normalized spacial score (nSPS) is 11.7. The van der Waals surface area contributed by atoms with Crippen molar-refractivity contribution in [3.8, 4) is 6.07 Å². The van der Waals surface area contributed by atoms with Gasteiger partial charge in [-0.2, -0.15) is 5.26 Å². The summed E-state index contributed by atoms with van der Waals surface area (Å²) in [7, 11) is 1.87. The van der Waals surface area contributed by atoms with Crippen LogP contribution in [-0.4, -0.2) is 22.1 Å². The van der Waals surface area contributed by atoms with Crippen LogP contribution in [0.3, 0.4) is 0 Å². The zero-order valence-corrected chi connectivity index (χ0v) is 11.8. The van der Waals surface area contributed by atoms with Gasteiger partial charge in [0.1, 0.15) is 0 Å². The number of aryl methyl sites for hydroxylation is 1. The second-order valence-corrected chi connectivity index (χ2v) is 4.79. The van der Waals surface area contributed by atoms with E-state index in [9.17, 15) is 9.90 Å². The van der Waals surface area contributed by atoms with Gasteiger partial charge in [0.2, 0.25) is 0 Å². The first-order chi connectivity index (χ1) is 10.1. The Kier molecular flexibility index (Phi) is 4.75. The van der Waals surface area contributed by atoms with Crippen molar-refractivity contribution in [2.45, 2.75) is 12.5 Å². The average Bonchev–Trinajstić information content (AvgIpc) is 2.93. The van der Waals surface area contributed by atoms with Gasteiger partial charge in [-0.1, -0.05) is 0 Å². The fraction of sp³-hybridized carbons (Fsp3) is 0.250. The average molecular weight is 283 g/mol. The fourth-order valence-electron chi connectivity index (χ4n) is 2.09. The second kappa shape index (κ2) is 6.73. The fourth-order valence-corrected chi connectivity index (χ4v) is 2.09. The van der Waals surface area contributed by atoms with Gasteiger partial charge in [-0.3, -0.25) is 4.79 Å². The number of hydrogen-bond donors (Lipinski definition) is 2. The lowest BCUT2D eigenvalue weighted by Crippen LogP contribution is -2.25. The molecule has 21 heavy (non-hydrogen) atoms. The number of amides is 1. The van der Waals surface area contributed by atoms with Gasteiger partial charge in [0.15, 0.2) is 0 Å². The Morgan fingerprint density at radius 3 is 2.67 bits per heavy atom. The quantitative estimate of drug-likeness (QED) is 0.877. The SMILES string of the molecule is Cn1cccc1C(O)CCNC(=O)c1ccc(C#N)cc1. The van der Waals surface area contributed by atoms with Crippen molar-refractivity contribution in [3.63, 3.8) is 0 Å². The molecule has 0 aliphatic carbocycles. The molecule has 5 nitrogen and oxygen atoms in total. The van der Waals surface area contributed by atoms with Crippen LogP contribution in [0.1, 0.15) is 34.1 Å². The molecule has 2 rings (SSSR count). The smallest absolute Gasteiger partial charge is 0.251 e. The van der Waals surface area contributed by atoms with Crippen molar-refractivity contribution < 1.29 is 9.90 Å². The number of nitrogens with zero attached hydrogens (tertiary/aromatic N) is 2. The summed E-state index contributed by atoms with van der Waals surface area (Å²) in [6, 6.07) is 12.2. The molecule has 5 heteroatoms. The predicted octanol–water partition coefficient (Wildman–Crippen LogP) is 1.75. The van der Waals surface area contributed by atoms with E-state index in [2.05, 4.69) is 5.32 Å². The molecule has 0 fully saturated rings. The monoisotopic (exact) mass is 283 g/mol. The Morgan fingerprint density at radius 1 is 1.38 bits per heavy atom. The lowest BCUT2D eigenvalue weighted by molar-refractivity contribution is 0.0941. The molecule has 108 valence electrons. The van der Waals surface area contributed by atoms with Gasteiger partial charge >= 0.3 is 0 Å². The van der Waals surface area contributed by atoms with Crippen molar-refractivity contribution in [2.24, 2.45) is 7.05 Å². The van der Waals surface area contributed by atoms with Crippen LogP contribution in [-0.2, 0) is 7.05 Å². The molecular formula is C16H17N3O2. The number of nitriles is 1. The van der Waals surface area contributed by atoms with Crippen LogP contribution in [0.2, 0.25) is 0 Å². The van der Waals surface area contributed by atoms with Gasteiger partial charge in [0.05, 0.1) is 17.7 Å². The van der Waals surface area contributed by atoms with Crippen LogP contribution < -0.4 is 5.32 Å². The number of aromatic nitrogens is 1. The van der Waals surface area contributed by atoms with E-state index in [0.29, 0.717) is 24.1 Å². The Hall–Kier alpha value is -2.58. The van der Waals surface area contributed by atoms with Gasteiger partial charge < -0.3 is 15.0 Å². The number of carbonyl (C=O) groups is 1. The minimum atomic E-state index is -0.605. The van der Waals surface area contributed by atoms with E-state index in [4.69, 9.17) is 5.26 Å². The molecule has 1 aromatic heterocycles. The zero-order valence-electron chi connectivity index (χ0n) is 11.8. The summed E-state index contributed by atoms with van der Waals surface area (Å²) in [6.45, 7) is 0.380. The Bertz CT molecular complexity index is 653. The highest BCUT2D eigenvalue weighted by molar-refractivity contribution is 5.94. The molecule has 0 saturated carbocycles. The van der Waals surface area contributed by atoms with Crippen LogP contribution in [0.25, 0.3) is 0 Å². The van der Waals surface area contributed by atoms with Crippen molar-refractivity contribution in [2.75, 3.05) is 6.54 Å². The highest BCUT2D eigenvalue weighted by atomic mass is 16.3. The minimum absolute atomic E-state index is 0.210. The summed E-state index contributed by atoms with van der Waals surface area (Å²) in [6.07, 6.45) is 1.71. The number of nitrogens with one attached hydrogen (secondary N) is 1. The van der Waals surface area contributed by atoms with E-state index >= 15 is 0 Å². The number of aliphatic hydroxyl groups is 1. The van der Waals surface area contributed by atoms with E-state index < -0.39 is 6.10 Å². The van der Waals surface area contributed by atoms with E-state index in [1.165, 1.54) is 0 Å². The molecule has 2 N–H and O–H groups in total. The molecule has 0 bridgehead atoms. The summed E-state index contributed by atoms with van der Waals surface area (Å²) >= 11 is 0. The Labute approximate surface area is 123 Å². The largest absolute Gasteiger partial charge is 0.387 e. The van der Waals surface area contributed by atoms with Gasteiger partial charge in [-0.25, -0.2) is 0 Å². The van der Waals surface area contributed by atoms with Crippen LogP contribution in [0.5, 0.6) is 0 Å². The summed E-state index contributed by atoms with van der Waals surface area (Å²) in [4.78, 5) is 11.9. The van der Waals surface area contributed by atoms with Gasteiger partial charge in [0.25, 0.3) is 5.91 Å². The van der Waals surface area contributed by atoms with Crippen LogP contribution >= 0.6 is 0 Å². The molecule has 0 saturated heterocycles. The highest BCUT2D eigenvalue weighted by Gasteiger charge is 2.11. The van der Waals surface area contributed by atoms with Crippen LogP contribution in [0.15, 0.2) is 42.6 Å². The Morgan fingerprint density at radius 2 is 2.10 bits per heavy atom. The summed E-state index contributed by atoms with van der Waals surface area (Å²) < 4.78 is 1.85. The maximum absolute atomic E-state index is 11.9. The standard InChI is InChI=1S/C16H17N3O2/c1-19-10-2-3-14(19)15(20)8-9-18-16(21)13-6-4-12(11-17)5-7-13/h2-7,10,15,20H,8-9H2,1H3,(H,18,21). The molecule has 0 aliphatic rings. The van der Waals surface area contributed by atoms with E-state index in [0.717, 1.165) is 5.69 Å². The van der Waals surface area contributed by atoms with Crippen molar-refractivity contribution in [1.82, 2.24) is 9.88 Å². The third-order valence-corrected chi connectivity index (χ3v) is 3.30. The molecule has 0 spiro atoms. The number of benzene rings is 1. The first-order valence-electron chi connectivity index (χ1n) is 6.69. The third kappa shape index (κ3) is 3.71. The number of aliphatic hydroxyl groups excluding tert-OH is 1. The lowest BCUT2D eigenvalue weighted by atomic mass is 10.1. The maximum atomic E-state index is 11.9. The summed E-state index contributed by atoms with van der Waals surface area (Å²) in [5.41, 5.74) is 1.84. The third-order valence-electron chi connectivity index (χ3n) is 3.30. The lowest BCUT2D eigenvalue weighted by Gasteiger charge is -2.12. The molecule has 1 atom stereocenters. The summed E-state index contributed by atoms with van der Waals surface area (Å²) in [5, 5.41) is 21.5. The number of rotatable bonds is 5. The van der Waals surface area contributed by atoms with E-state index in [1.807, 2.05) is 36.0 Å². The highest BCUT2D eigenvalue weighted by Crippen LogP contribution is 2.15. The van der Waals surface area contributed by atoms with E-state index in [1.54, 1.807) is 24.3 Å². The molecular weight excluding hydrogens is 266 g/mol. The van der Waals surface area contributed by atoms with Crippen molar-refractivity contribution in [1.29, 1.82) is 5.26 Å². The molecule has 1 heterocycles. The first-order valence-corrected chi connectivity index (χ1v) is 6.69. The maximum Gasteiger partial charge on any atom is 0.251 e. The molecule has 0 aliphatic heterocycles. The van der Waals surface area contributed by atoms with Gasteiger partial charge in [-0.05, 0) is 42.8 Å². The minimum Gasteiger partial charge on any atom is -0.387 e. The van der Waals surface area contributed by atoms with E-state index in [-0.39, 0.29) is 5.91 Å². The number of carbonyl (C=O) groups excluding carboxylic acids is 1. The molecule has 1 amide bonds. The predicted molar refractivity (Wildman–Crippen MR) is 78.5 cm³/mol. The van der Waals surface area contributed by atoms with Crippen molar-refractivity contribution in [3.05, 3.63) is 59.4 Å². The van der Waals surface area contributed by atoms with Gasteiger partial charge in [0, 0.05) is 31.0 Å². The molecule has 1 aromatic carbocycles. The molecule has 2 aromatic rings. The molecule has 1 unspecified atom stereocenters. The van der Waals surface area contributed by atoms with Gasteiger partial charge in [-0.15, -0.1) is 0 Å². The van der Waals surface area contributed by atoms with Crippen LogP contribution in [0.4, 0.5) is 0 Å². The van der Waals surface area contributed by atoms with Crippen LogP contribution in [0, 0.1) is 11.3 Å². The summed E-state index contributed by atoms with van der Waals surface area (Å²) in [5.74, 6) is -0.210. The Balaban J connectivity index is 1.84. The molecule has 0 radical (unpaired) electrons. The first kappa shape index (κ1) is 14.8. The number of hydrogen-bond acceptors (Lipinski definition) is 3. The second-order valence-electron chi connectivity index (χ2n) is 4.79.